The van der Waals surface area contributed by atoms with Gasteiger partial charge in [0.25, 0.3) is 11.8 Å². The maximum Gasteiger partial charge on any atom is 0.251 e. The predicted octanol–water partition coefficient (Wildman–Crippen LogP) is 3.00. The summed E-state index contributed by atoms with van der Waals surface area (Å²) >= 11 is 1.66. The molecule has 0 saturated heterocycles. The number of carbonyl (C=O) groups is 2. The fraction of sp³-hybridized carbons (Fsp3) is 0.333. The molecule has 120 valence electrons. The van der Waals surface area contributed by atoms with E-state index in [1.807, 2.05) is 12.3 Å². The number of benzene rings is 1. The van der Waals surface area contributed by atoms with Gasteiger partial charge in [-0.05, 0) is 72.8 Å². The zero-order valence-electron chi connectivity index (χ0n) is 13.0. The third-order valence-electron chi connectivity index (χ3n) is 3.82. The smallest absolute Gasteiger partial charge is 0.251 e. The molecule has 3 rings (SSSR count). The van der Waals surface area contributed by atoms with Gasteiger partial charge in [-0.25, -0.2) is 0 Å². The molecular weight excluding hydrogens is 308 g/mol. The van der Waals surface area contributed by atoms with Crippen molar-refractivity contribution in [2.24, 2.45) is 0 Å². The summed E-state index contributed by atoms with van der Waals surface area (Å²) in [6, 6.07) is 9.29. The lowest BCUT2D eigenvalue weighted by Crippen LogP contribution is -2.34. The summed E-state index contributed by atoms with van der Waals surface area (Å²) in [5, 5.41) is 10.1. The van der Waals surface area contributed by atoms with Crippen LogP contribution in [0.25, 0.3) is 0 Å². The molecule has 23 heavy (non-hydrogen) atoms. The van der Waals surface area contributed by atoms with Gasteiger partial charge < -0.3 is 10.6 Å². The molecule has 1 aromatic heterocycles. The summed E-state index contributed by atoms with van der Waals surface area (Å²) in [4.78, 5) is 24.2. The summed E-state index contributed by atoms with van der Waals surface area (Å²) in [7, 11) is 0. The Morgan fingerprint density at radius 1 is 1.13 bits per heavy atom. The Morgan fingerprint density at radius 2 is 1.78 bits per heavy atom. The molecule has 1 aliphatic rings. The fourth-order valence-corrected chi connectivity index (χ4v) is 3.07. The van der Waals surface area contributed by atoms with Gasteiger partial charge in [0.1, 0.15) is 0 Å². The van der Waals surface area contributed by atoms with Gasteiger partial charge in [-0.1, -0.05) is 0 Å². The van der Waals surface area contributed by atoms with Crippen molar-refractivity contribution < 1.29 is 9.59 Å². The molecule has 1 atom stereocenters. The summed E-state index contributed by atoms with van der Waals surface area (Å²) in [5.74, 6) is -0.174. The number of carbonyl (C=O) groups excluding carboxylic acids is 2. The number of thiophene rings is 1. The number of hydrogen-bond donors (Lipinski definition) is 2. The minimum atomic E-state index is -0.109. The highest BCUT2D eigenvalue weighted by molar-refractivity contribution is 7.07. The normalized spacial score (nSPS) is 15.0. The fourth-order valence-electron chi connectivity index (χ4n) is 2.39. The second-order valence-corrected chi connectivity index (χ2v) is 6.82. The minimum absolute atomic E-state index is 0.0646. The van der Waals surface area contributed by atoms with Crippen LogP contribution < -0.4 is 10.6 Å². The van der Waals surface area contributed by atoms with Crippen LogP contribution in [-0.2, 0) is 6.42 Å². The predicted molar refractivity (Wildman–Crippen MR) is 91.9 cm³/mol. The Labute approximate surface area is 139 Å². The van der Waals surface area contributed by atoms with Crippen LogP contribution in [0.15, 0.2) is 41.1 Å². The van der Waals surface area contributed by atoms with Gasteiger partial charge in [-0.15, -0.1) is 0 Å². The summed E-state index contributed by atoms with van der Waals surface area (Å²) in [6.07, 6.45) is 2.94. The monoisotopic (exact) mass is 328 g/mol. The molecule has 2 aromatic rings. The van der Waals surface area contributed by atoms with E-state index in [0.717, 1.165) is 19.3 Å². The molecule has 4 nitrogen and oxygen atoms in total. The van der Waals surface area contributed by atoms with Crippen molar-refractivity contribution >= 4 is 23.2 Å². The van der Waals surface area contributed by atoms with Crippen molar-refractivity contribution in [2.75, 3.05) is 0 Å². The van der Waals surface area contributed by atoms with Crippen molar-refractivity contribution in [3.63, 3.8) is 0 Å². The molecule has 1 unspecified atom stereocenters. The number of nitrogens with one attached hydrogen (secondary N) is 2. The lowest BCUT2D eigenvalue weighted by molar-refractivity contribution is 0.0932. The van der Waals surface area contributed by atoms with Crippen molar-refractivity contribution in [2.45, 2.75) is 38.3 Å². The van der Waals surface area contributed by atoms with Crippen LogP contribution in [0.1, 0.15) is 46.0 Å². The first kappa shape index (κ1) is 15.7. The molecule has 0 radical (unpaired) electrons. The summed E-state index contributed by atoms with van der Waals surface area (Å²) < 4.78 is 0. The largest absolute Gasteiger partial charge is 0.349 e. The van der Waals surface area contributed by atoms with Crippen LogP contribution in [0.4, 0.5) is 0 Å². The van der Waals surface area contributed by atoms with E-state index in [1.54, 1.807) is 35.6 Å². The van der Waals surface area contributed by atoms with E-state index in [0.29, 0.717) is 17.2 Å². The SMILES string of the molecule is CC(Cc1ccsc1)NC(=O)c1ccc(C(=O)NC2CC2)cc1. The maximum atomic E-state index is 12.2. The third-order valence-corrected chi connectivity index (χ3v) is 4.55. The summed E-state index contributed by atoms with van der Waals surface area (Å²) in [6.45, 7) is 1.99. The van der Waals surface area contributed by atoms with Crippen LogP contribution in [0.5, 0.6) is 0 Å². The van der Waals surface area contributed by atoms with E-state index in [2.05, 4.69) is 22.1 Å². The molecule has 1 heterocycles. The molecule has 0 aliphatic heterocycles. The van der Waals surface area contributed by atoms with E-state index in [4.69, 9.17) is 0 Å². The third kappa shape index (κ3) is 4.42. The quantitative estimate of drug-likeness (QED) is 0.856. The Kier molecular flexibility index (Phi) is 4.76. The van der Waals surface area contributed by atoms with Gasteiger partial charge in [0, 0.05) is 23.2 Å². The van der Waals surface area contributed by atoms with Crippen molar-refractivity contribution in [3.05, 3.63) is 57.8 Å². The molecule has 1 fully saturated rings. The van der Waals surface area contributed by atoms with Gasteiger partial charge >= 0.3 is 0 Å². The van der Waals surface area contributed by atoms with Crippen molar-refractivity contribution in [1.29, 1.82) is 0 Å². The average Bonchev–Trinajstić information content (AvgIpc) is 3.21. The van der Waals surface area contributed by atoms with Crippen LogP contribution >= 0.6 is 11.3 Å². The van der Waals surface area contributed by atoms with E-state index in [1.165, 1.54) is 5.56 Å². The van der Waals surface area contributed by atoms with Crippen LogP contribution in [-0.4, -0.2) is 23.9 Å². The molecule has 2 amide bonds. The highest BCUT2D eigenvalue weighted by atomic mass is 32.1. The second-order valence-electron chi connectivity index (χ2n) is 6.04. The first-order valence-electron chi connectivity index (χ1n) is 7.84. The first-order chi connectivity index (χ1) is 11.1. The second kappa shape index (κ2) is 6.96. The van der Waals surface area contributed by atoms with Gasteiger partial charge in [-0.2, -0.15) is 11.3 Å². The molecule has 5 heteroatoms. The minimum Gasteiger partial charge on any atom is -0.349 e. The number of amides is 2. The van der Waals surface area contributed by atoms with Gasteiger partial charge in [0.15, 0.2) is 0 Å². The molecule has 1 aliphatic carbocycles. The van der Waals surface area contributed by atoms with E-state index >= 15 is 0 Å². The Hall–Kier alpha value is -2.14. The van der Waals surface area contributed by atoms with Gasteiger partial charge in [0.05, 0.1) is 0 Å². The Morgan fingerprint density at radius 3 is 2.35 bits per heavy atom. The van der Waals surface area contributed by atoms with Gasteiger partial charge in [0.2, 0.25) is 0 Å². The highest BCUT2D eigenvalue weighted by Gasteiger charge is 2.23. The molecule has 0 spiro atoms. The van der Waals surface area contributed by atoms with E-state index < -0.39 is 0 Å². The lowest BCUT2D eigenvalue weighted by atomic mass is 10.1. The zero-order chi connectivity index (χ0) is 16.2. The Balaban J connectivity index is 1.55. The van der Waals surface area contributed by atoms with Crippen LogP contribution in [0, 0.1) is 0 Å². The highest BCUT2D eigenvalue weighted by Crippen LogP contribution is 2.19. The Bertz CT molecular complexity index is 676. The van der Waals surface area contributed by atoms with Crippen LogP contribution in [0.3, 0.4) is 0 Å². The number of hydrogen-bond acceptors (Lipinski definition) is 3. The standard InChI is InChI=1S/C18H20N2O2S/c1-12(10-13-8-9-23-11-13)19-17(21)14-2-4-15(5-3-14)18(22)20-16-6-7-16/h2-5,8-9,11-12,16H,6-7,10H2,1H3,(H,19,21)(H,20,22). The van der Waals surface area contributed by atoms with Gasteiger partial charge in [-0.3, -0.25) is 9.59 Å². The van der Waals surface area contributed by atoms with Crippen molar-refractivity contribution in [3.8, 4) is 0 Å². The maximum absolute atomic E-state index is 12.2. The lowest BCUT2D eigenvalue weighted by Gasteiger charge is -2.13. The first-order valence-corrected chi connectivity index (χ1v) is 8.79. The molecule has 1 saturated carbocycles. The van der Waals surface area contributed by atoms with Crippen molar-refractivity contribution in [1.82, 2.24) is 10.6 Å². The van der Waals surface area contributed by atoms with E-state index in [-0.39, 0.29) is 17.9 Å². The van der Waals surface area contributed by atoms with E-state index in [9.17, 15) is 9.59 Å². The average molecular weight is 328 g/mol. The number of rotatable bonds is 6. The molecular formula is C18H20N2O2S. The topological polar surface area (TPSA) is 58.2 Å². The summed E-state index contributed by atoms with van der Waals surface area (Å²) in [5.41, 5.74) is 2.40. The van der Waals surface area contributed by atoms with Crippen LogP contribution in [0.2, 0.25) is 0 Å². The molecule has 2 N–H and O–H groups in total. The zero-order valence-corrected chi connectivity index (χ0v) is 13.9. The molecule has 0 bridgehead atoms. The molecule has 1 aromatic carbocycles.